The van der Waals surface area contributed by atoms with Crippen molar-refractivity contribution >= 4 is 38.4 Å². The van der Waals surface area contributed by atoms with Crippen molar-refractivity contribution in [1.29, 1.82) is 0 Å². The number of anilines is 2. The number of rotatable bonds is 3. The SMILES string of the molecule is CN=Nc1ccc2ccc(Nc3cccc(C)c3)cc2c1O.O=S(=O)=O. The second kappa shape index (κ2) is 8.72. The number of phenols is 1. The van der Waals surface area contributed by atoms with Crippen molar-refractivity contribution in [2.24, 2.45) is 10.2 Å². The summed E-state index contributed by atoms with van der Waals surface area (Å²) in [6.45, 7) is 2.05. The summed E-state index contributed by atoms with van der Waals surface area (Å²) in [5.41, 5.74) is 3.60. The molecular formula is C18H17N3O4S. The van der Waals surface area contributed by atoms with Crippen molar-refractivity contribution in [3.05, 3.63) is 60.2 Å². The Labute approximate surface area is 152 Å². The summed E-state index contributed by atoms with van der Waals surface area (Å²) in [5, 5.41) is 23.1. The minimum Gasteiger partial charge on any atom is -0.505 e. The van der Waals surface area contributed by atoms with Crippen LogP contribution in [0.2, 0.25) is 0 Å². The number of benzene rings is 3. The summed E-state index contributed by atoms with van der Waals surface area (Å²) in [7, 11) is -1.53. The Hall–Kier alpha value is -3.26. The van der Waals surface area contributed by atoms with E-state index in [1.54, 1.807) is 13.1 Å². The van der Waals surface area contributed by atoms with Crippen LogP contribution in [0.1, 0.15) is 5.56 Å². The van der Waals surface area contributed by atoms with Gasteiger partial charge in [-0.2, -0.15) is 10.2 Å². The fourth-order valence-corrected chi connectivity index (χ4v) is 2.45. The Kier molecular flexibility index (Phi) is 6.40. The number of nitrogens with zero attached hydrogens (tertiary/aromatic N) is 2. The highest BCUT2D eigenvalue weighted by Gasteiger charge is 2.07. The van der Waals surface area contributed by atoms with Crippen LogP contribution in [0.4, 0.5) is 17.1 Å². The van der Waals surface area contributed by atoms with Gasteiger partial charge in [0.15, 0.2) is 5.75 Å². The quantitative estimate of drug-likeness (QED) is 0.667. The first-order valence-electron chi connectivity index (χ1n) is 7.56. The Bertz CT molecular complexity index is 1060. The number of phenolic OH excluding ortho intramolecular Hbond substituents is 1. The smallest absolute Gasteiger partial charge is 0.425 e. The molecule has 0 saturated heterocycles. The number of hydrogen-bond acceptors (Lipinski definition) is 7. The number of fused-ring (bicyclic) bond motifs is 1. The lowest BCUT2D eigenvalue weighted by atomic mass is 10.1. The minimum absolute atomic E-state index is 0.149. The summed E-state index contributed by atoms with van der Waals surface area (Å²) in [6.07, 6.45) is 0. The van der Waals surface area contributed by atoms with Crippen LogP contribution < -0.4 is 5.32 Å². The van der Waals surface area contributed by atoms with Gasteiger partial charge in [-0.25, -0.2) is 0 Å². The van der Waals surface area contributed by atoms with Crippen molar-refractivity contribution in [2.45, 2.75) is 6.92 Å². The molecule has 0 aliphatic rings. The lowest BCUT2D eigenvalue weighted by Crippen LogP contribution is -1.90. The van der Waals surface area contributed by atoms with E-state index in [-0.39, 0.29) is 5.75 Å². The van der Waals surface area contributed by atoms with Gasteiger partial charge < -0.3 is 10.4 Å². The van der Waals surface area contributed by atoms with Crippen molar-refractivity contribution in [3.8, 4) is 5.75 Å². The van der Waals surface area contributed by atoms with E-state index >= 15 is 0 Å². The molecule has 0 fully saturated rings. The van der Waals surface area contributed by atoms with Crippen LogP contribution in [0.3, 0.4) is 0 Å². The molecule has 0 aliphatic carbocycles. The highest BCUT2D eigenvalue weighted by atomic mass is 32.2. The molecule has 0 bridgehead atoms. The van der Waals surface area contributed by atoms with E-state index in [4.69, 9.17) is 12.6 Å². The van der Waals surface area contributed by atoms with E-state index in [0.29, 0.717) is 5.69 Å². The van der Waals surface area contributed by atoms with E-state index < -0.39 is 10.6 Å². The molecule has 0 amide bonds. The molecule has 0 spiro atoms. The lowest BCUT2D eigenvalue weighted by Gasteiger charge is -2.10. The van der Waals surface area contributed by atoms with Crippen molar-refractivity contribution in [1.82, 2.24) is 0 Å². The molecule has 0 aliphatic heterocycles. The molecule has 0 radical (unpaired) electrons. The Morgan fingerprint density at radius 3 is 2.27 bits per heavy atom. The Balaban J connectivity index is 0.000000552. The monoisotopic (exact) mass is 371 g/mol. The van der Waals surface area contributed by atoms with Crippen molar-refractivity contribution in [3.63, 3.8) is 0 Å². The molecule has 3 aromatic carbocycles. The fraction of sp³-hybridized carbons (Fsp3) is 0.111. The molecule has 3 aromatic rings. The van der Waals surface area contributed by atoms with E-state index in [1.165, 1.54) is 5.56 Å². The van der Waals surface area contributed by atoms with Gasteiger partial charge in [0, 0.05) is 23.8 Å². The van der Waals surface area contributed by atoms with Gasteiger partial charge in [0.2, 0.25) is 0 Å². The van der Waals surface area contributed by atoms with Crippen molar-refractivity contribution in [2.75, 3.05) is 12.4 Å². The zero-order valence-corrected chi connectivity index (χ0v) is 15.0. The molecule has 8 heteroatoms. The van der Waals surface area contributed by atoms with Gasteiger partial charge >= 0.3 is 10.6 Å². The normalized spacial score (nSPS) is 10.4. The molecule has 26 heavy (non-hydrogen) atoms. The summed E-state index contributed by atoms with van der Waals surface area (Å²) < 4.78 is 25.3. The standard InChI is InChI=1S/C18H17N3O.O3S/c1-12-4-3-5-14(10-12)20-15-8-6-13-7-9-17(21-19-2)18(22)16(13)11-15;1-4(2)3/h3-11,20,22H,1-2H3;. The van der Waals surface area contributed by atoms with E-state index in [9.17, 15) is 5.11 Å². The fourth-order valence-electron chi connectivity index (χ4n) is 2.45. The molecule has 0 unspecified atom stereocenters. The van der Waals surface area contributed by atoms with Crippen LogP contribution in [-0.4, -0.2) is 24.8 Å². The van der Waals surface area contributed by atoms with Crippen LogP contribution in [-0.2, 0) is 10.6 Å². The molecular weight excluding hydrogens is 354 g/mol. The molecule has 3 rings (SSSR count). The number of aromatic hydroxyl groups is 1. The average molecular weight is 371 g/mol. The van der Waals surface area contributed by atoms with Crippen LogP contribution in [0.15, 0.2) is 64.8 Å². The second-order valence-electron chi connectivity index (χ2n) is 5.37. The highest BCUT2D eigenvalue weighted by Crippen LogP contribution is 2.36. The third kappa shape index (κ3) is 5.12. The van der Waals surface area contributed by atoms with Crippen molar-refractivity contribution < 1.29 is 17.7 Å². The van der Waals surface area contributed by atoms with Crippen LogP contribution in [0.25, 0.3) is 10.8 Å². The molecule has 0 heterocycles. The van der Waals surface area contributed by atoms with Gasteiger partial charge in [-0.3, -0.25) is 0 Å². The van der Waals surface area contributed by atoms with E-state index in [1.807, 2.05) is 36.4 Å². The highest BCUT2D eigenvalue weighted by molar-refractivity contribution is 7.59. The maximum absolute atomic E-state index is 10.3. The predicted molar refractivity (Wildman–Crippen MR) is 100 cm³/mol. The predicted octanol–water partition coefficient (Wildman–Crippen LogP) is 4.31. The first-order valence-corrected chi connectivity index (χ1v) is 8.56. The number of azo groups is 1. The Morgan fingerprint density at radius 2 is 1.62 bits per heavy atom. The van der Waals surface area contributed by atoms with Crippen LogP contribution in [0, 0.1) is 6.92 Å². The number of hydrogen-bond donors (Lipinski definition) is 2. The molecule has 0 atom stereocenters. The Morgan fingerprint density at radius 1 is 0.962 bits per heavy atom. The third-order valence-corrected chi connectivity index (χ3v) is 3.49. The van der Waals surface area contributed by atoms with Gasteiger partial charge in [0.1, 0.15) is 5.69 Å². The van der Waals surface area contributed by atoms with Gasteiger partial charge in [-0.1, -0.05) is 24.3 Å². The minimum atomic E-state index is -3.11. The number of aryl methyl sites for hydroxylation is 1. The summed E-state index contributed by atoms with van der Waals surface area (Å²) in [6, 6.07) is 17.7. The second-order valence-corrected chi connectivity index (χ2v) is 5.78. The van der Waals surface area contributed by atoms with Gasteiger partial charge in [-0.15, -0.1) is 12.6 Å². The molecule has 0 saturated carbocycles. The molecule has 0 aromatic heterocycles. The molecule has 2 N–H and O–H groups in total. The number of nitrogens with one attached hydrogen (secondary N) is 1. The maximum atomic E-state index is 10.3. The zero-order chi connectivity index (χ0) is 19.1. The summed E-state index contributed by atoms with van der Waals surface area (Å²) in [4.78, 5) is 0. The maximum Gasteiger partial charge on any atom is 0.425 e. The topological polar surface area (TPSA) is 108 Å². The van der Waals surface area contributed by atoms with Gasteiger partial charge in [0.05, 0.1) is 0 Å². The van der Waals surface area contributed by atoms with Crippen LogP contribution >= 0.6 is 0 Å². The van der Waals surface area contributed by atoms with Gasteiger partial charge in [-0.05, 0) is 48.2 Å². The average Bonchev–Trinajstić information content (AvgIpc) is 2.57. The summed E-state index contributed by atoms with van der Waals surface area (Å²) >= 11 is 0. The molecule has 134 valence electrons. The van der Waals surface area contributed by atoms with Gasteiger partial charge in [0.25, 0.3) is 0 Å². The summed E-state index contributed by atoms with van der Waals surface area (Å²) in [5.74, 6) is 0.149. The van der Waals surface area contributed by atoms with E-state index in [2.05, 4.69) is 34.6 Å². The first-order chi connectivity index (χ1) is 12.4. The van der Waals surface area contributed by atoms with E-state index in [0.717, 1.165) is 22.1 Å². The zero-order valence-electron chi connectivity index (χ0n) is 14.2. The lowest BCUT2D eigenvalue weighted by molar-refractivity contribution is 0.482. The first kappa shape index (κ1) is 19.1. The van der Waals surface area contributed by atoms with Crippen LogP contribution in [0.5, 0.6) is 5.75 Å². The largest absolute Gasteiger partial charge is 0.505 e. The molecule has 7 nitrogen and oxygen atoms in total. The third-order valence-electron chi connectivity index (χ3n) is 3.49.